The Kier molecular flexibility index (Phi) is 5.41. The van der Waals surface area contributed by atoms with E-state index in [2.05, 4.69) is 36.2 Å². The number of rotatable bonds is 6. The van der Waals surface area contributed by atoms with Crippen LogP contribution in [0.15, 0.2) is 24.3 Å². The minimum absolute atomic E-state index is 0.0591. The standard InChI is InChI=1S/C16H24N2O2/c1-3-18(14-7-4-6-13(2)10-14)12-16(19)17-11-15-8-5-9-20-15/h4,6-7,10,15H,3,5,8-9,11-12H2,1-2H3,(H,17,19). The third kappa shape index (κ3) is 4.23. The number of hydrogen-bond acceptors (Lipinski definition) is 3. The van der Waals surface area contributed by atoms with E-state index in [1.165, 1.54) is 5.56 Å². The highest BCUT2D eigenvalue weighted by molar-refractivity contribution is 5.81. The van der Waals surface area contributed by atoms with Crippen LogP contribution in [0.1, 0.15) is 25.3 Å². The highest BCUT2D eigenvalue weighted by Crippen LogP contribution is 2.15. The molecule has 1 aromatic carbocycles. The SMILES string of the molecule is CCN(CC(=O)NCC1CCCO1)c1cccc(C)c1. The quantitative estimate of drug-likeness (QED) is 0.865. The van der Waals surface area contributed by atoms with Crippen LogP contribution in [0.25, 0.3) is 0 Å². The first-order chi connectivity index (χ1) is 9.69. The number of aryl methyl sites for hydroxylation is 1. The van der Waals surface area contributed by atoms with Gasteiger partial charge in [0.1, 0.15) is 0 Å². The first-order valence-electron chi connectivity index (χ1n) is 7.39. The summed E-state index contributed by atoms with van der Waals surface area (Å²) in [4.78, 5) is 14.1. The molecule has 1 heterocycles. The van der Waals surface area contributed by atoms with Crippen molar-refractivity contribution >= 4 is 11.6 Å². The number of benzene rings is 1. The van der Waals surface area contributed by atoms with E-state index in [9.17, 15) is 4.79 Å². The van der Waals surface area contributed by atoms with Gasteiger partial charge in [-0.15, -0.1) is 0 Å². The second-order valence-corrected chi connectivity index (χ2v) is 5.29. The number of nitrogens with zero attached hydrogens (tertiary/aromatic N) is 1. The van der Waals surface area contributed by atoms with E-state index in [1.54, 1.807) is 0 Å². The van der Waals surface area contributed by atoms with Gasteiger partial charge in [-0.1, -0.05) is 12.1 Å². The molecule has 1 N–H and O–H groups in total. The third-order valence-corrected chi connectivity index (χ3v) is 3.63. The molecule has 0 saturated carbocycles. The predicted molar refractivity (Wildman–Crippen MR) is 81.0 cm³/mol. The Morgan fingerprint density at radius 1 is 1.50 bits per heavy atom. The fourth-order valence-corrected chi connectivity index (χ4v) is 2.47. The van der Waals surface area contributed by atoms with Gasteiger partial charge in [0.05, 0.1) is 12.6 Å². The van der Waals surface area contributed by atoms with Gasteiger partial charge in [0.15, 0.2) is 0 Å². The Morgan fingerprint density at radius 3 is 3.00 bits per heavy atom. The summed E-state index contributed by atoms with van der Waals surface area (Å²) in [5.41, 5.74) is 2.31. The number of carbonyl (C=O) groups excluding carboxylic acids is 1. The second kappa shape index (κ2) is 7.29. The fraction of sp³-hybridized carbons (Fsp3) is 0.562. The number of ether oxygens (including phenoxy) is 1. The van der Waals surface area contributed by atoms with Crippen LogP contribution >= 0.6 is 0 Å². The summed E-state index contributed by atoms with van der Waals surface area (Å²) in [6, 6.07) is 8.24. The topological polar surface area (TPSA) is 41.6 Å². The van der Waals surface area contributed by atoms with Crippen LogP contribution in [-0.4, -0.2) is 38.3 Å². The van der Waals surface area contributed by atoms with E-state index in [0.717, 1.165) is 31.7 Å². The molecule has 0 radical (unpaired) electrons. The van der Waals surface area contributed by atoms with Crippen LogP contribution in [0, 0.1) is 6.92 Å². The fourth-order valence-electron chi connectivity index (χ4n) is 2.47. The van der Waals surface area contributed by atoms with E-state index < -0.39 is 0 Å². The van der Waals surface area contributed by atoms with Crippen molar-refractivity contribution in [3.8, 4) is 0 Å². The first-order valence-corrected chi connectivity index (χ1v) is 7.39. The zero-order chi connectivity index (χ0) is 14.4. The van der Waals surface area contributed by atoms with Gasteiger partial charge in [-0.25, -0.2) is 0 Å². The van der Waals surface area contributed by atoms with Crippen molar-refractivity contribution in [2.24, 2.45) is 0 Å². The maximum Gasteiger partial charge on any atom is 0.239 e. The molecule has 0 spiro atoms. The number of hydrogen-bond donors (Lipinski definition) is 1. The Labute approximate surface area is 121 Å². The zero-order valence-corrected chi connectivity index (χ0v) is 12.4. The molecule has 1 fully saturated rings. The van der Waals surface area contributed by atoms with Gasteiger partial charge >= 0.3 is 0 Å². The Morgan fingerprint density at radius 2 is 2.35 bits per heavy atom. The normalized spacial score (nSPS) is 18.0. The molecular weight excluding hydrogens is 252 g/mol. The van der Waals surface area contributed by atoms with E-state index in [4.69, 9.17) is 4.74 Å². The van der Waals surface area contributed by atoms with Gasteiger partial charge in [0.25, 0.3) is 0 Å². The minimum atomic E-state index is 0.0591. The lowest BCUT2D eigenvalue weighted by atomic mass is 10.2. The molecule has 1 aromatic rings. The Balaban J connectivity index is 1.84. The molecule has 1 aliphatic rings. The summed E-state index contributed by atoms with van der Waals surface area (Å²) in [5.74, 6) is 0.0591. The molecule has 1 amide bonds. The van der Waals surface area contributed by atoms with E-state index in [0.29, 0.717) is 13.1 Å². The summed E-state index contributed by atoms with van der Waals surface area (Å²) < 4.78 is 5.51. The minimum Gasteiger partial charge on any atom is -0.376 e. The van der Waals surface area contributed by atoms with Gasteiger partial charge in [-0.3, -0.25) is 4.79 Å². The predicted octanol–water partition coefficient (Wildman–Crippen LogP) is 2.12. The highest BCUT2D eigenvalue weighted by atomic mass is 16.5. The number of nitrogens with one attached hydrogen (secondary N) is 1. The lowest BCUT2D eigenvalue weighted by Gasteiger charge is -2.23. The molecule has 0 bridgehead atoms. The summed E-state index contributed by atoms with van der Waals surface area (Å²) in [5, 5.41) is 2.97. The average molecular weight is 276 g/mol. The summed E-state index contributed by atoms with van der Waals surface area (Å²) in [6.45, 7) is 6.79. The van der Waals surface area contributed by atoms with Crippen molar-refractivity contribution in [2.75, 3.05) is 31.1 Å². The van der Waals surface area contributed by atoms with E-state index in [1.807, 2.05) is 12.1 Å². The van der Waals surface area contributed by atoms with E-state index >= 15 is 0 Å². The number of amides is 1. The van der Waals surface area contributed by atoms with Crippen LogP contribution in [0.3, 0.4) is 0 Å². The molecule has 20 heavy (non-hydrogen) atoms. The molecule has 2 rings (SSSR count). The number of likely N-dealkylation sites (N-methyl/N-ethyl adjacent to an activating group) is 1. The molecule has 4 nitrogen and oxygen atoms in total. The second-order valence-electron chi connectivity index (χ2n) is 5.29. The maximum absolute atomic E-state index is 12.0. The Bertz CT molecular complexity index is 442. The maximum atomic E-state index is 12.0. The van der Waals surface area contributed by atoms with E-state index in [-0.39, 0.29) is 12.0 Å². The first kappa shape index (κ1) is 14.9. The largest absolute Gasteiger partial charge is 0.376 e. The average Bonchev–Trinajstić information content (AvgIpc) is 2.96. The molecule has 1 saturated heterocycles. The van der Waals surface area contributed by atoms with Gasteiger partial charge in [-0.05, 0) is 44.4 Å². The summed E-state index contributed by atoms with van der Waals surface area (Å²) >= 11 is 0. The molecule has 0 aliphatic carbocycles. The number of carbonyl (C=O) groups is 1. The van der Waals surface area contributed by atoms with Crippen molar-refractivity contribution in [1.82, 2.24) is 5.32 Å². The van der Waals surface area contributed by atoms with Crippen LogP contribution in [0.2, 0.25) is 0 Å². The van der Waals surface area contributed by atoms with Crippen molar-refractivity contribution < 1.29 is 9.53 Å². The smallest absolute Gasteiger partial charge is 0.239 e. The van der Waals surface area contributed by atoms with Crippen LogP contribution in [-0.2, 0) is 9.53 Å². The monoisotopic (exact) mass is 276 g/mol. The number of anilines is 1. The van der Waals surface area contributed by atoms with Crippen LogP contribution in [0.5, 0.6) is 0 Å². The van der Waals surface area contributed by atoms with Crippen molar-refractivity contribution in [3.63, 3.8) is 0 Å². The van der Waals surface area contributed by atoms with Crippen LogP contribution < -0.4 is 10.2 Å². The zero-order valence-electron chi connectivity index (χ0n) is 12.4. The van der Waals surface area contributed by atoms with Crippen molar-refractivity contribution in [3.05, 3.63) is 29.8 Å². The lowest BCUT2D eigenvalue weighted by molar-refractivity contribution is -0.120. The lowest BCUT2D eigenvalue weighted by Crippen LogP contribution is -2.40. The van der Waals surface area contributed by atoms with Gasteiger partial charge < -0.3 is 15.0 Å². The van der Waals surface area contributed by atoms with Gasteiger partial charge in [-0.2, -0.15) is 0 Å². The Hall–Kier alpha value is -1.55. The van der Waals surface area contributed by atoms with Crippen LogP contribution in [0.4, 0.5) is 5.69 Å². The van der Waals surface area contributed by atoms with Gasteiger partial charge in [0.2, 0.25) is 5.91 Å². The third-order valence-electron chi connectivity index (χ3n) is 3.63. The van der Waals surface area contributed by atoms with Crippen molar-refractivity contribution in [1.29, 1.82) is 0 Å². The highest BCUT2D eigenvalue weighted by Gasteiger charge is 2.17. The van der Waals surface area contributed by atoms with Crippen molar-refractivity contribution in [2.45, 2.75) is 32.8 Å². The molecule has 110 valence electrons. The molecule has 1 unspecified atom stereocenters. The summed E-state index contributed by atoms with van der Waals surface area (Å²) in [7, 11) is 0. The molecule has 1 aliphatic heterocycles. The molecule has 4 heteroatoms. The van der Waals surface area contributed by atoms with Gasteiger partial charge in [0, 0.05) is 25.4 Å². The molecule has 1 atom stereocenters. The molecule has 0 aromatic heterocycles. The molecular formula is C16H24N2O2. The summed E-state index contributed by atoms with van der Waals surface area (Å²) in [6.07, 6.45) is 2.36.